The molecule has 7 nitrogen and oxygen atoms in total. The zero-order chi connectivity index (χ0) is 18.6. The molecule has 2 aromatic heterocycles. The number of anilines is 2. The Morgan fingerprint density at radius 1 is 1.19 bits per heavy atom. The molecule has 0 aliphatic carbocycles. The predicted octanol–water partition coefficient (Wildman–Crippen LogP) is 2.46. The SMILES string of the molecule is COc1cccc2sc(NC(=O)CN3CCN(c4ccccn4)CC3)nc12. The van der Waals surface area contributed by atoms with Crippen molar-refractivity contribution < 1.29 is 9.53 Å². The predicted molar refractivity (Wildman–Crippen MR) is 108 cm³/mol. The van der Waals surface area contributed by atoms with Crippen LogP contribution in [0.5, 0.6) is 5.75 Å². The fourth-order valence-corrected chi connectivity index (χ4v) is 4.08. The van der Waals surface area contributed by atoms with E-state index in [9.17, 15) is 4.79 Å². The van der Waals surface area contributed by atoms with Crippen LogP contribution >= 0.6 is 11.3 Å². The lowest BCUT2D eigenvalue weighted by molar-refractivity contribution is -0.117. The van der Waals surface area contributed by atoms with Gasteiger partial charge in [-0.2, -0.15) is 0 Å². The molecule has 140 valence electrons. The zero-order valence-electron chi connectivity index (χ0n) is 15.1. The van der Waals surface area contributed by atoms with Gasteiger partial charge in [-0.15, -0.1) is 0 Å². The Hall–Kier alpha value is -2.71. The molecular formula is C19H21N5O2S. The number of fused-ring (bicyclic) bond motifs is 1. The molecule has 0 spiro atoms. The number of benzene rings is 1. The van der Waals surface area contributed by atoms with E-state index >= 15 is 0 Å². The van der Waals surface area contributed by atoms with E-state index in [1.54, 1.807) is 7.11 Å². The number of nitrogens with zero attached hydrogens (tertiary/aromatic N) is 4. The molecule has 1 aromatic carbocycles. The Labute approximate surface area is 161 Å². The normalized spacial score (nSPS) is 15.1. The lowest BCUT2D eigenvalue weighted by Gasteiger charge is -2.34. The van der Waals surface area contributed by atoms with Gasteiger partial charge in [-0.25, -0.2) is 9.97 Å². The summed E-state index contributed by atoms with van der Waals surface area (Å²) >= 11 is 1.46. The van der Waals surface area contributed by atoms with E-state index in [1.165, 1.54) is 11.3 Å². The molecule has 0 radical (unpaired) electrons. The maximum Gasteiger partial charge on any atom is 0.240 e. The Kier molecular flexibility index (Phi) is 5.17. The summed E-state index contributed by atoms with van der Waals surface area (Å²) in [4.78, 5) is 25.7. The summed E-state index contributed by atoms with van der Waals surface area (Å²) in [5.74, 6) is 1.67. The molecule has 27 heavy (non-hydrogen) atoms. The number of amides is 1. The molecule has 0 atom stereocenters. The van der Waals surface area contributed by atoms with Crippen LogP contribution in [0.2, 0.25) is 0 Å². The van der Waals surface area contributed by atoms with Crippen molar-refractivity contribution in [3.63, 3.8) is 0 Å². The molecule has 3 aromatic rings. The van der Waals surface area contributed by atoms with E-state index < -0.39 is 0 Å². The first-order chi connectivity index (χ1) is 13.2. The van der Waals surface area contributed by atoms with Gasteiger partial charge in [0.05, 0.1) is 18.4 Å². The maximum atomic E-state index is 12.4. The molecule has 8 heteroatoms. The average molecular weight is 383 g/mol. The summed E-state index contributed by atoms with van der Waals surface area (Å²) in [6, 6.07) is 11.7. The van der Waals surface area contributed by atoms with E-state index in [4.69, 9.17) is 4.74 Å². The van der Waals surface area contributed by atoms with E-state index in [1.807, 2.05) is 42.6 Å². The van der Waals surface area contributed by atoms with Crippen LogP contribution in [-0.2, 0) is 4.79 Å². The second-order valence-electron chi connectivity index (χ2n) is 6.33. The standard InChI is InChI=1S/C19H21N5O2S/c1-26-14-5-4-6-15-18(14)22-19(27-15)21-17(25)13-23-9-11-24(12-10-23)16-7-2-3-8-20-16/h2-8H,9-13H2,1H3,(H,21,22,25). The molecule has 0 unspecified atom stereocenters. The van der Waals surface area contributed by atoms with E-state index in [2.05, 4.69) is 25.1 Å². The molecule has 1 saturated heterocycles. The number of hydrogen-bond donors (Lipinski definition) is 1. The summed E-state index contributed by atoms with van der Waals surface area (Å²) in [6.07, 6.45) is 1.81. The number of para-hydroxylation sites is 1. The lowest BCUT2D eigenvalue weighted by atomic mass is 10.3. The third-order valence-corrected chi connectivity index (χ3v) is 5.50. The largest absolute Gasteiger partial charge is 0.494 e. The van der Waals surface area contributed by atoms with Crippen LogP contribution in [0.4, 0.5) is 10.9 Å². The van der Waals surface area contributed by atoms with Gasteiger partial charge in [0.2, 0.25) is 5.91 Å². The van der Waals surface area contributed by atoms with E-state index in [0.717, 1.165) is 48.0 Å². The summed E-state index contributed by atoms with van der Waals surface area (Å²) in [5, 5.41) is 3.52. The summed E-state index contributed by atoms with van der Waals surface area (Å²) in [6.45, 7) is 3.75. The fourth-order valence-electron chi connectivity index (χ4n) is 3.18. The van der Waals surface area contributed by atoms with Crippen LogP contribution in [0.1, 0.15) is 0 Å². The van der Waals surface area contributed by atoms with Gasteiger partial charge < -0.3 is 15.0 Å². The van der Waals surface area contributed by atoms with Crippen molar-refractivity contribution in [2.75, 3.05) is 50.1 Å². The Morgan fingerprint density at radius 3 is 2.78 bits per heavy atom. The van der Waals surface area contributed by atoms with Crippen molar-refractivity contribution in [3.05, 3.63) is 42.6 Å². The summed E-state index contributed by atoms with van der Waals surface area (Å²) in [5.41, 5.74) is 0.782. The van der Waals surface area contributed by atoms with Crippen molar-refractivity contribution in [3.8, 4) is 5.75 Å². The molecule has 4 rings (SSSR count). The Balaban J connectivity index is 1.33. The first-order valence-electron chi connectivity index (χ1n) is 8.84. The van der Waals surface area contributed by atoms with Gasteiger partial charge >= 0.3 is 0 Å². The van der Waals surface area contributed by atoms with Crippen LogP contribution in [0.3, 0.4) is 0 Å². The van der Waals surface area contributed by atoms with Gasteiger partial charge in [0, 0.05) is 32.4 Å². The molecule has 1 aliphatic heterocycles. The van der Waals surface area contributed by atoms with Crippen LogP contribution in [-0.4, -0.2) is 60.6 Å². The van der Waals surface area contributed by atoms with Crippen LogP contribution in [0.15, 0.2) is 42.6 Å². The van der Waals surface area contributed by atoms with Crippen molar-refractivity contribution in [2.45, 2.75) is 0 Å². The van der Waals surface area contributed by atoms with Crippen molar-refractivity contribution in [2.24, 2.45) is 0 Å². The number of carbonyl (C=O) groups excluding carboxylic acids is 1. The number of thiazole rings is 1. The zero-order valence-corrected chi connectivity index (χ0v) is 15.9. The fraction of sp³-hybridized carbons (Fsp3) is 0.316. The number of ether oxygens (including phenoxy) is 1. The number of piperazine rings is 1. The van der Waals surface area contributed by atoms with Gasteiger partial charge in [-0.1, -0.05) is 23.5 Å². The third kappa shape index (κ3) is 4.01. The maximum absolute atomic E-state index is 12.4. The van der Waals surface area contributed by atoms with Crippen molar-refractivity contribution in [1.29, 1.82) is 0 Å². The van der Waals surface area contributed by atoms with Crippen LogP contribution in [0, 0.1) is 0 Å². The number of hydrogen-bond acceptors (Lipinski definition) is 7. The topological polar surface area (TPSA) is 70.6 Å². The van der Waals surface area contributed by atoms with Crippen LogP contribution < -0.4 is 15.0 Å². The number of carbonyl (C=O) groups is 1. The van der Waals surface area contributed by atoms with Gasteiger partial charge in [-0.05, 0) is 24.3 Å². The Morgan fingerprint density at radius 2 is 2.04 bits per heavy atom. The highest BCUT2D eigenvalue weighted by molar-refractivity contribution is 7.22. The second-order valence-corrected chi connectivity index (χ2v) is 7.36. The number of rotatable bonds is 5. The Bertz CT molecular complexity index is 922. The van der Waals surface area contributed by atoms with Gasteiger partial charge in [0.25, 0.3) is 0 Å². The minimum absolute atomic E-state index is 0.0423. The first kappa shape index (κ1) is 17.7. The number of pyridine rings is 1. The first-order valence-corrected chi connectivity index (χ1v) is 9.66. The molecule has 0 saturated carbocycles. The summed E-state index contributed by atoms with van der Waals surface area (Å²) in [7, 11) is 1.62. The molecule has 1 amide bonds. The highest BCUT2D eigenvalue weighted by Gasteiger charge is 2.20. The molecule has 1 aliphatic rings. The van der Waals surface area contributed by atoms with Gasteiger partial charge in [0.1, 0.15) is 17.1 Å². The summed E-state index contributed by atoms with van der Waals surface area (Å²) < 4.78 is 6.32. The highest BCUT2D eigenvalue weighted by atomic mass is 32.1. The van der Waals surface area contributed by atoms with Crippen molar-refractivity contribution >= 4 is 38.4 Å². The molecule has 1 N–H and O–H groups in total. The minimum Gasteiger partial charge on any atom is -0.494 e. The lowest BCUT2D eigenvalue weighted by Crippen LogP contribution is -2.48. The molecular weight excluding hydrogens is 362 g/mol. The third-order valence-electron chi connectivity index (χ3n) is 4.56. The molecule has 0 bridgehead atoms. The second kappa shape index (κ2) is 7.89. The monoisotopic (exact) mass is 383 g/mol. The minimum atomic E-state index is -0.0423. The van der Waals surface area contributed by atoms with Gasteiger partial charge in [0.15, 0.2) is 5.13 Å². The molecule has 1 fully saturated rings. The van der Waals surface area contributed by atoms with E-state index in [0.29, 0.717) is 11.7 Å². The van der Waals surface area contributed by atoms with Crippen LogP contribution in [0.25, 0.3) is 10.2 Å². The van der Waals surface area contributed by atoms with Gasteiger partial charge in [-0.3, -0.25) is 9.69 Å². The highest BCUT2D eigenvalue weighted by Crippen LogP contribution is 2.32. The number of aromatic nitrogens is 2. The molecule has 3 heterocycles. The average Bonchev–Trinajstić information content (AvgIpc) is 3.11. The quantitative estimate of drug-likeness (QED) is 0.730. The van der Waals surface area contributed by atoms with Crippen molar-refractivity contribution in [1.82, 2.24) is 14.9 Å². The number of nitrogens with one attached hydrogen (secondary N) is 1. The van der Waals surface area contributed by atoms with E-state index in [-0.39, 0.29) is 5.91 Å². The number of methoxy groups -OCH3 is 1. The smallest absolute Gasteiger partial charge is 0.240 e.